The third-order valence-corrected chi connectivity index (χ3v) is 2.19. The highest BCUT2D eigenvalue weighted by Gasteiger charge is 2.00. The molecule has 0 bridgehead atoms. The van der Waals surface area contributed by atoms with Crippen molar-refractivity contribution in [3.8, 4) is 0 Å². The molecule has 2 aromatic rings. The molecular formula is C12H12N2O. The van der Waals surface area contributed by atoms with Crippen molar-refractivity contribution in [1.82, 2.24) is 4.98 Å². The van der Waals surface area contributed by atoms with Crippen LogP contribution in [0.2, 0.25) is 0 Å². The maximum Gasteiger partial charge on any atom is 0.141 e. The Kier molecular flexibility index (Phi) is 2.63. The van der Waals surface area contributed by atoms with Gasteiger partial charge in [-0.15, -0.1) is 0 Å². The number of aldehydes is 1. The van der Waals surface area contributed by atoms with Crippen LogP contribution in [0.3, 0.4) is 0 Å². The van der Waals surface area contributed by atoms with Crippen molar-refractivity contribution in [2.24, 2.45) is 0 Å². The lowest BCUT2D eigenvalue weighted by atomic mass is 10.2. The molecule has 1 atom stereocenters. The lowest BCUT2D eigenvalue weighted by Crippen LogP contribution is -2.16. The van der Waals surface area contributed by atoms with E-state index < -0.39 is 0 Å². The number of anilines is 1. The van der Waals surface area contributed by atoms with Crippen LogP contribution in [0.4, 0.5) is 5.69 Å². The van der Waals surface area contributed by atoms with E-state index in [0.29, 0.717) is 0 Å². The number of para-hydroxylation sites is 1. The molecule has 0 aliphatic carbocycles. The normalized spacial score (nSPS) is 12.3. The molecule has 0 aliphatic rings. The van der Waals surface area contributed by atoms with Crippen LogP contribution >= 0.6 is 0 Å². The van der Waals surface area contributed by atoms with E-state index in [2.05, 4.69) is 10.3 Å². The molecule has 1 heterocycles. The summed E-state index contributed by atoms with van der Waals surface area (Å²) in [6.07, 6.45) is 2.61. The van der Waals surface area contributed by atoms with Gasteiger partial charge in [-0.3, -0.25) is 4.98 Å². The highest BCUT2D eigenvalue weighted by atomic mass is 16.1. The summed E-state index contributed by atoms with van der Waals surface area (Å²) in [6, 6.07) is 9.69. The van der Waals surface area contributed by atoms with E-state index in [1.54, 1.807) is 6.20 Å². The van der Waals surface area contributed by atoms with E-state index in [1.807, 2.05) is 37.3 Å². The average molecular weight is 200 g/mol. The Morgan fingerprint density at radius 2 is 2.20 bits per heavy atom. The number of carbonyl (C=O) groups excluding carboxylic acids is 1. The predicted molar refractivity (Wildman–Crippen MR) is 60.9 cm³/mol. The molecule has 0 amide bonds. The molecule has 3 heteroatoms. The first-order valence-corrected chi connectivity index (χ1v) is 4.86. The number of aromatic nitrogens is 1. The summed E-state index contributed by atoms with van der Waals surface area (Å²) in [6.45, 7) is 1.81. The van der Waals surface area contributed by atoms with Gasteiger partial charge in [0.15, 0.2) is 0 Å². The van der Waals surface area contributed by atoms with Gasteiger partial charge < -0.3 is 10.1 Å². The standard InChI is InChI=1S/C12H12N2O/c1-9(8-15)14-11-6-10-4-2-3-5-12(10)13-7-11/h2-9,14H,1H3/t9-/m0/s1. The second-order valence-corrected chi connectivity index (χ2v) is 3.49. The fraction of sp³-hybridized carbons (Fsp3) is 0.167. The van der Waals surface area contributed by atoms with Crippen LogP contribution in [-0.4, -0.2) is 17.3 Å². The second-order valence-electron chi connectivity index (χ2n) is 3.49. The SMILES string of the molecule is C[C@@H](C=O)Nc1cnc2ccccc2c1. The zero-order valence-corrected chi connectivity index (χ0v) is 8.47. The van der Waals surface area contributed by atoms with Crippen LogP contribution in [0.15, 0.2) is 36.5 Å². The van der Waals surface area contributed by atoms with Crippen LogP contribution in [0, 0.1) is 0 Å². The molecule has 0 radical (unpaired) electrons. The Hall–Kier alpha value is -1.90. The maximum absolute atomic E-state index is 10.5. The molecule has 0 unspecified atom stereocenters. The Balaban J connectivity index is 2.34. The maximum atomic E-state index is 10.5. The quantitative estimate of drug-likeness (QED) is 0.772. The van der Waals surface area contributed by atoms with Gasteiger partial charge in [0.05, 0.1) is 23.4 Å². The van der Waals surface area contributed by atoms with Gasteiger partial charge in [0.1, 0.15) is 6.29 Å². The smallest absolute Gasteiger partial charge is 0.141 e. The average Bonchev–Trinajstić information content (AvgIpc) is 2.29. The molecule has 3 nitrogen and oxygen atoms in total. The van der Waals surface area contributed by atoms with Gasteiger partial charge in [-0.2, -0.15) is 0 Å². The first-order chi connectivity index (χ1) is 7.29. The molecule has 0 spiro atoms. The first kappa shape index (κ1) is 9.65. The molecule has 1 aromatic carbocycles. The molecule has 1 aromatic heterocycles. The van der Waals surface area contributed by atoms with Crippen molar-refractivity contribution < 1.29 is 4.79 Å². The van der Waals surface area contributed by atoms with Gasteiger partial charge in [-0.25, -0.2) is 0 Å². The molecule has 1 N–H and O–H groups in total. The number of hydrogen-bond acceptors (Lipinski definition) is 3. The number of pyridine rings is 1. The first-order valence-electron chi connectivity index (χ1n) is 4.86. The predicted octanol–water partition coefficient (Wildman–Crippen LogP) is 2.23. The van der Waals surface area contributed by atoms with Crippen molar-refractivity contribution in [1.29, 1.82) is 0 Å². The number of benzene rings is 1. The Morgan fingerprint density at radius 1 is 1.40 bits per heavy atom. The summed E-state index contributed by atoms with van der Waals surface area (Å²) >= 11 is 0. The summed E-state index contributed by atoms with van der Waals surface area (Å²) < 4.78 is 0. The summed E-state index contributed by atoms with van der Waals surface area (Å²) in [5.74, 6) is 0. The monoisotopic (exact) mass is 200 g/mol. The Morgan fingerprint density at radius 3 is 3.00 bits per heavy atom. The van der Waals surface area contributed by atoms with Gasteiger partial charge in [-0.1, -0.05) is 18.2 Å². The second kappa shape index (κ2) is 4.09. The fourth-order valence-electron chi connectivity index (χ4n) is 1.45. The van der Waals surface area contributed by atoms with Crippen molar-refractivity contribution >= 4 is 22.9 Å². The number of fused-ring (bicyclic) bond motifs is 1. The zero-order chi connectivity index (χ0) is 10.7. The van der Waals surface area contributed by atoms with E-state index in [-0.39, 0.29) is 6.04 Å². The topological polar surface area (TPSA) is 42.0 Å². The van der Waals surface area contributed by atoms with Crippen molar-refractivity contribution in [3.05, 3.63) is 36.5 Å². The third kappa shape index (κ3) is 2.13. The van der Waals surface area contributed by atoms with Crippen molar-refractivity contribution in [2.45, 2.75) is 13.0 Å². The molecule has 2 rings (SSSR count). The molecule has 0 saturated heterocycles. The van der Waals surface area contributed by atoms with Crippen LogP contribution in [-0.2, 0) is 4.79 Å². The minimum Gasteiger partial charge on any atom is -0.375 e. The minimum atomic E-state index is -0.187. The summed E-state index contributed by atoms with van der Waals surface area (Å²) in [4.78, 5) is 14.8. The van der Waals surface area contributed by atoms with Gasteiger partial charge in [0.2, 0.25) is 0 Å². The minimum absolute atomic E-state index is 0.187. The van der Waals surface area contributed by atoms with Gasteiger partial charge >= 0.3 is 0 Å². The number of rotatable bonds is 3. The molecule has 76 valence electrons. The highest BCUT2D eigenvalue weighted by molar-refractivity contribution is 5.81. The summed E-state index contributed by atoms with van der Waals surface area (Å²) in [7, 11) is 0. The summed E-state index contributed by atoms with van der Waals surface area (Å²) in [5, 5.41) is 4.12. The number of nitrogens with zero attached hydrogens (tertiary/aromatic N) is 1. The number of nitrogens with one attached hydrogen (secondary N) is 1. The van der Waals surface area contributed by atoms with Gasteiger partial charge in [-0.05, 0) is 19.1 Å². The molecule has 15 heavy (non-hydrogen) atoms. The zero-order valence-electron chi connectivity index (χ0n) is 8.47. The molecular weight excluding hydrogens is 188 g/mol. The molecule has 0 fully saturated rings. The molecule has 0 aliphatic heterocycles. The van der Waals surface area contributed by atoms with Gasteiger partial charge in [0, 0.05) is 5.39 Å². The number of hydrogen-bond donors (Lipinski definition) is 1. The van der Waals surface area contributed by atoms with Crippen LogP contribution in [0.25, 0.3) is 10.9 Å². The lowest BCUT2D eigenvalue weighted by Gasteiger charge is -2.08. The van der Waals surface area contributed by atoms with E-state index >= 15 is 0 Å². The number of carbonyl (C=O) groups is 1. The Labute approximate surface area is 88.1 Å². The van der Waals surface area contributed by atoms with E-state index in [9.17, 15) is 4.79 Å². The highest BCUT2D eigenvalue weighted by Crippen LogP contribution is 2.16. The largest absolute Gasteiger partial charge is 0.375 e. The van der Waals surface area contributed by atoms with Crippen molar-refractivity contribution in [3.63, 3.8) is 0 Å². The van der Waals surface area contributed by atoms with E-state index in [0.717, 1.165) is 22.9 Å². The van der Waals surface area contributed by atoms with Crippen molar-refractivity contribution in [2.75, 3.05) is 5.32 Å². The van der Waals surface area contributed by atoms with Gasteiger partial charge in [0.25, 0.3) is 0 Å². The fourth-order valence-corrected chi connectivity index (χ4v) is 1.45. The summed E-state index contributed by atoms with van der Waals surface area (Å²) in [5.41, 5.74) is 1.83. The lowest BCUT2D eigenvalue weighted by molar-refractivity contribution is -0.108. The van der Waals surface area contributed by atoms with Crippen LogP contribution < -0.4 is 5.32 Å². The van der Waals surface area contributed by atoms with Crippen LogP contribution in [0.5, 0.6) is 0 Å². The Bertz CT molecular complexity index is 482. The van der Waals surface area contributed by atoms with E-state index in [1.165, 1.54) is 0 Å². The molecule has 0 saturated carbocycles. The third-order valence-electron chi connectivity index (χ3n) is 2.19. The van der Waals surface area contributed by atoms with Crippen LogP contribution in [0.1, 0.15) is 6.92 Å². The van der Waals surface area contributed by atoms with E-state index in [4.69, 9.17) is 0 Å².